The standard InChI is InChI=1S/C18H18.C2H6/c1-5-12-15(6-2)17(7-3)18(8-4)16-13-10-9-11-14-16;1-2/h5-14H,1-4H2;1-2H3/b15-12+,18-17-;. The average Bonchev–Trinajstić information content (AvgIpc) is 2.53. The van der Waals surface area contributed by atoms with E-state index in [-0.39, 0.29) is 0 Å². The number of hydrogen-bond acceptors (Lipinski definition) is 0. The fourth-order valence-corrected chi connectivity index (χ4v) is 1.78. The molecule has 0 unspecified atom stereocenters. The molecule has 0 aliphatic rings. The Kier molecular flexibility index (Phi) is 9.33. The van der Waals surface area contributed by atoms with Gasteiger partial charge >= 0.3 is 0 Å². The van der Waals surface area contributed by atoms with Crippen molar-refractivity contribution in [2.24, 2.45) is 0 Å². The van der Waals surface area contributed by atoms with Gasteiger partial charge in [-0.3, -0.25) is 0 Å². The summed E-state index contributed by atoms with van der Waals surface area (Å²) in [4.78, 5) is 0. The molecular weight excluding hydrogens is 240 g/mol. The molecule has 0 aliphatic carbocycles. The quantitative estimate of drug-likeness (QED) is 0.542. The summed E-state index contributed by atoms with van der Waals surface area (Å²) in [5, 5.41) is 0. The Morgan fingerprint density at radius 2 is 1.45 bits per heavy atom. The van der Waals surface area contributed by atoms with Gasteiger partial charge in [-0.25, -0.2) is 0 Å². The van der Waals surface area contributed by atoms with E-state index >= 15 is 0 Å². The van der Waals surface area contributed by atoms with Crippen molar-refractivity contribution in [3.8, 4) is 0 Å². The largest absolute Gasteiger partial charge is 0.0990 e. The first kappa shape index (κ1) is 17.7. The van der Waals surface area contributed by atoms with Crippen LogP contribution in [-0.4, -0.2) is 0 Å². The fraction of sp³-hybridized carbons (Fsp3) is 0.100. The van der Waals surface area contributed by atoms with Gasteiger partial charge < -0.3 is 0 Å². The maximum atomic E-state index is 3.89. The van der Waals surface area contributed by atoms with Crippen molar-refractivity contribution in [3.63, 3.8) is 0 Å². The first-order valence-electron chi connectivity index (χ1n) is 6.78. The lowest BCUT2D eigenvalue weighted by Gasteiger charge is -2.10. The average molecular weight is 264 g/mol. The monoisotopic (exact) mass is 264 g/mol. The Hall–Kier alpha value is -2.34. The maximum Gasteiger partial charge on any atom is -0.0112 e. The van der Waals surface area contributed by atoms with Gasteiger partial charge in [0.05, 0.1) is 0 Å². The van der Waals surface area contributed by atoms with E-state index in [4.69, 9.17) is 0 Å². The fourth-order valence-electron chi connectivity index (χ4n) is 1.78. The van der Waals surface area contributed by atoms with E-state index in [1.807, 2.05) is 50.3 Å². The lowest BCUT2D eigenvalue weighted by molar-refractivity contribution is 1.50. The molecule has 0 heteroatoms. The topological polar surface area (TPSA) is 0 Å². The summed E-state index contributed by atoms with van der Waals surface area (Å²) >= 11 is 0. The van der Waals surface area contributed by atoms with Gasteiger partial charge in [-0.15, -0.1) is 0 Å². The Bertz CT molecular complexity index is 510. The lowest BCUT2D eigenvalue weighted by atomic mass is 9.94. The molecule has 0 saturated heterocycles. The van der Waals surface area contributed by atoms with Crippen molar-refractivity contribution in [2.45, 2.75) is 13.8 Å². The van der Waals surface area contributed by atoms with E-state index in [1.165, 1.54) is 0 Å². The second-order valence-electron chi connectivity index (χ2n) is 3.66. The van der Waals surface area contributed by atoms with Crippen molar-refractivity contribution >= 4 is 5.57 Å². The molecule has 1 aromatic carbocycles. The molecule has 0 saturated carbocycles. The van der Waals surface area contributed by atoms with E-state index < -0.39 is 0 Å². The molecule has 0 spiro atoms. The third-order valence-corrected chi connectivity index (χ3v) is 2.61. The van der Waals surface area contributed by atoms with E-state index in [2.05, 4.69) is 38.4 Å². The Labute approximate surface area is 123 Å². The van der Waals surface area contributed by atoms with Crippen LogP contribution in [0.4, 0.5) is 0 Å². The smallest absolute Gasteiger partial charge is 0.0112 e. The zero-order chi connectivity index (χ0) is 15.4. The van der Waals surface area contributed by atoms with E-state index in [1.54, 1.807) is 12.2 Å². The molecule has 0 fully saturated rings. The van der Waals surface area contributed by atoms with E-state index in [0.29, 0.717) is 0 Å². The number of rotatable bonds is 6. The summed E-state index contributed by atoms with van der Waals surface area (Å²) < 4.78 is 0. The summed E-state index contributed by atoms with van der Waals surface area (Å²) in [6, 6.07) is 10.1. The van der Waals surface area contributed by atoms with E-state index in [0.717, 1.165) is 22.3 Å². The summed E-state index contributed by atoms with van der Waals surface area (Å²) in [5.41, 5.74) is 4.14. The highest BCUT2D eigenvalue weighted by molar-refractivity contribution is 5.82. The highest BCUT2D eigenvalue weighted by atomic mass is 14.1. The minimum absolute atomic E-state index is 0.985. The highest BCUT2D eigenvalue weighted by Crippen LogP contribution is 2.26. The van der Waals surface area contributed by atoms with Gasteiger partial charge in [-0.05, 0) is 22.3 Å². The Morgan fingerprint density at radius 1 is 0.850 bits per heavy atom. The molecule has 0 aromatic heterocycles. The third kappa shape index (κ3) is 4.74. The zero-order valence-corrected chi connectivity index (χ0v) is 12.6. The Morgan fingerprint density at radius 3 is 1.85 bits per heavy atom. The predicted octanol–water partition coefficient (Wildman–Crippen LogP) is 6.14. The minimum atomic E-state index is 0.985. The van der Waals surface area contributed by atoms with E-state index in [9.17, 15) is 0 Å². The van der Waals surface area contributed by atoms with Crippen molar-refractivity contribution in [1.82, 2.24) is 0 Å². The first-order chi connectivity index (χ1) is 9.78. The van der Waals surface area contributed by atoms with Gasteiger partial charge in [0.15, 0.2) is 0 Å². The third-order valence-electron chi connectivity index (χ3n) is 2.61. The van der Waals surface area contributed by atoms with Crippen LogP contribution in [0.5, 0.6) is 0 Å². The molecule has 0 aliphatic heterocycles. The molecule has 104 valence electrons. The first-order valence-corrected chi connectivity index (χ1v) is 6.78. The normalized spacial score (nSPS) is 11.4. The minimum Gasteiger partial charge on any atom is -0.0990 e. The molecule has 0 nitrogen and oxygen atoms in total. The summed E-state index contributed by atoms with van der Waals surface area (Å²) in [6.07, 6.45) is 9.11. The lowest BCUT2D eigenvalue weighted by Crippen LogP contribution is -1.90. The van der Waals surface area contributed by atoms with Gasteiger partial charge in [0, 0.05) is 0 Å². The number of benzene rings is 1. The number of allylic oxidation sites excluding steroid dienone is 8. The van der Waals surface area contributed by atoms with Gasteiger partial charge in [-0.1, -0.05) is 101 Å². The molecular formula is C20H24. The zero-order valence-electron chi connectivity index (χ0n) is 12.6. The van der Waals surface area contributed by atoms with Gasteiger partial charge in [0.2, 0.25) is 0 Å². The Balaban J connectivity index is 0.00000172. The molecule has 1 rings (SSSR count). The van der Waals surface area contributed by atoms with Crippen molar-refractivity contribution in [1.29, 1.82) is 0 Å². The van der Waals surface area contributed by atoms with Crippen LogP contribution < -0.4 is 0 Å². The number of hydrogen-bond donors (Lipinski definition) is 0. The SMILES string of the molecule is C=C/C=C(C=C)/C(C=C)=C(/C=C)c1ccccc1.CC. The van der Waals surface area contributed by atoms with Crippen molar-refractivity contribution in [3.05, 3.63) is 104 Å². The molecule has 0 radical (unpaired) electrons. The molecule has 0 heterocycles. The van der Waals surface area contributed by atoms with Crippen LogP contribution in [0.1, 0.15) is 19.4 Å². The predicted molar refractivity (Wildman–Crippen MR) is 93.6 cm³/mol. The van der Waals surface area contributed by atoms with Crippen molar-refractivity contribution < 1.29 is 0 Å². The maximum absolute atomic E-state index is 3.89. The molecule has 0 amide bonds. The van der Waals surface area contributed by atoms with Crippen LogP contribution in [0.2, 0.25) is 0 Å². The molecule has 0 N–H and O–H groups in total. The molecule has 1 aromatic rings. The van der Waals surface area contributed by atoms with Crippen LogP contribution >= 0.6 is 0 Å². The second-order valence-corrected chi connectivity index (χ2v) is 3.66. The van der Waals surface area contributed by atoms with Crippen LogP contribution in [-0.2, 0) is 0 Å². The van der Waals surface area contributed by atoms with Gasteiger partial charge in [0.1, 0.15) is 0 Å². The van der Waals surface area contributed by atoms with Crippen LogP contribution in [0.15, 0.2) is 98.2 Å². The summed E-state index contributed by atoms with van der Waals surface area (Å²) in [5.74, 6) is 0. The molecule has 20 heavy (non-hydrogen) atoms. The highest BCUT2D eigenvalue weighted by Gasteiger charge is 2.05. The van der Waals surface area contributed by atoms with Crippen molar-refractivity contribution in [2.75, 3.05) is 0 Å². The van der Waals surface area contributed by atoms with Gasteiger partial charge in [0.25, 0.3) is 0 Å². The van der Waals surface area contributed by atoms with Crippen LogP contribution in [0, 0.1) is 0 Å². The summed E-state index contributed by atoms with van der Waals surface area (Å²) in [6.45, 7) is 19.3. The van der Waals surface area contributed by atoms with Gasteiger partial charge in [-0.2, -0.15) is 0 Å². The van der Waals surface area contributed by atoms with Crippen LogP contribution in [0.25, 0.3) is 5.57 Å². The molecule has 0 bridgehead atoms. The van der Waals surface area contributed by atoms with Crippen LogP contribution in [0.3, 0.4) is 0 Å². The molecule has 0 atom stereocenters. The second kappa shape index (κ2) is 10.6. The summed E-state index contributed by atoms with van der Waals surface area (Å²) in [7, 11) is 0.